The molecule has 53 heavy (non-hydrogen) atoms. The number of hydrogen-bond donors (Lipinski definition) is 1. The summed E-state index contributed by atoms with van der Waals surface area (Å²) < 4.78 is 24.3. The summed E-state index contributed by atoms with van der Waals surface area (Å²) in [6.07, 6.45) is 23.5. The number of sulfone groups is 1. The van der Waals surface area contributed by atoms with E-state index in [1.807, 2.05) is 0 Å². The van der Waals surface area contributed by atoms with Crippen LogP contribution >= 0.6 is 11.6 Å². The largest absolute Gasteiger partial charge is 0.373 e. The van der Waals surface area contributed by atoms with Crippen LogP contribution in [0.25, 0.3) is 0 Å². The molecule has 298 valence electrons. The first-order valence-corrected chi connectivity index (χ1v) is 23.4. The van der Waals surface area contributed by atoms with Gasteiger partial charge in [-0.2, -0.15) is 9.59 Å². The first kappa shape index (κ1) is 41.4. The number of piperidine rings is 1. The van der Waals surface area contributed by atoms with Gasteiger partial charge in [-0.15, -0.1) is 11.6 Å². The third-order valence-corrected chi connectivity index (χ3v) is 19.8. The van der Waals surface area contributed by atoms with Crippen molar-refractivity contribution < 1.29 is 18.0 Å². The third kappa shape index (κ3) is 7.06. The fraction of sp³-hybridized carbons (Fsp3) is 0.844. The fourth-order valence-electron chi connectivity index (χ4n) is 14.8. The number of nitrogens with zero attached hydrogens (tertiary/aromatic N) is 1. The van der Waals surface area contributed by atoms with Crippen LogP contribution in [0, 0.1) is 51.2 Å². The average Bonchev–Trinajstić information content (AvgIpc) is 3.46. The first-order chi connectivity index (χ1) is 24.7. The van der Waals surface area contributed by atoms with E-state index in [0.717, 1.165) is 76.0 Å². The van der Waals surface area contributed by atoms with Crippen molar-refractivity contribution in [1.29, 1.82) is 0 Å². The molecule has 1 heterocycles. The van der Waals surface area contributed by atoms with Crippen molar-refractivity contribution in [2.24, 2.45) is 51.2 Å². The van der Waals surface area contributed by atoms with E-state index in [4.69, 9.17) is 21.2 Å². The van der Waals surface area contributed by atoms with Gasteiger partial charge in [0.2, 0.25) is 0 Å². The monoisotopic (exact) mass is 770 g/mol. The van der Waals surface area contributed by atoms with Gasteiger partial charge in [0.15, 0.2) is 0 Å². The molecule has 7 aliphatic rings. The Labute approximate surface area is 327 Å². The maximum atomic E-state index is 12.1. The maximum Gasteiger partial charge on any atom is 0.373 e. The van der Waals surface area contributed by atoms with E-state index < -0.39 is 9.84 Å². The summed E-state index contributed by atoms with van der Waals surface area (Å²) >= 11 is 6.79. The molecule has 5 fully saturated rings. The van der Waals surface area contributed by atoms with E-state index in [2.05, 4.69) is 77.4 Å². The predicted molar refractivity (Wildman–Crippen MR) is 216 cm³/mol. The molecule has 1 aliphatic heterocycles. The molecular formula is C45H71ClN2O4S. The average molecular weight is 772 g/mol. The summed E-state index contributed by atoms with van der Waals surface area (Å²) in [5, 5.41) is 4.14. The zero-order valence-electron chi connectivity index (χ0n) is 34.4. The van der Waals surface area contributed by atoms with Gasteiger partial charge in [-0.25, -0.2) is 8.42 Å². The number of likely N-dealkylation sites (tertiary alicyclic amines) is 1. The number of hydrogen-bond acceptors (Lipinski definition) is 6. The molecule has 1 N–H and O–H groups in total. The second kappa shape index (κ2) is 14.6. The maximum absolute atomic E-state index is 12.1. The highest BCUT2D eigenvalue weighted by Crippen LogP contribution is 2.76. The van der Waals surface area contributed by atoms with Crippen LogP contribution in [0.3, 0.4) is 0 Å². The molecule has 7 rings (SSSR count). The number of allylic oxidation sites excluding steroid dienone is 5. The van der Waals surface area contributed by atoms with E-state index in [1.54, 1.807) is 11.1 Å². The van der Waals surface area contributed by atoms with Gasteiger partial charge in [0.25, 0.3) is 0 Å². The molecule has 0 spiro atoms. The van der Waals surface area contributed by atoms with Crippen molar-refractivity contribution in [2.75, 3.05) is 32.4 Å². The van der Waals surface area contributed by atoms with Gasteiger partial charge in [-0.3, -0.25) is 0 Å². The van der Waals surface area contributed by atoms with Gasteiger partial charge in [-0.05, 0) is 179 Å². The minimum Gasteiger partial charge on any atom is -0.310 e. The third-order valence-electron chi connectivity index (χ3n) is 17.7. The van der Waals surface area contributed by atoms with E-state index >= 15 is 0 Å². The standard InChI is InChI=1S/C44H71ClN2O2S.CO2/c1-30(2)33-14-23-44(46-26-29-47-27-17-32(18-28-47)50(9,48)49)25-24-42(7)35(38(33)44)10-11-37-41(6)21-15-34(31-12-19-40(5,45)20-13-31)39(3,4)36(41)16-22-43(37,42)8;2-1-3/h12,15,32-33,35-38,46H,1,10-11,13-14,16-29H2,2-9H3;/t33-,35+,36-,37+,38+,40?,41-,42+,43+,44-;/m0./s1. The van der Waals surface area contributed by atoms with Crippen molar-refractivity contribution >= 4 is 27.6 Å². The molecule has 0 aromatic carbocycles. The van der Waals surface area contributed by atoms with Crippen molar-refractivity contribution in [3.05, 3.63) is 35.5 Å². The Morgan fingerprint density at radius 2 is 1.57 bits per heavy atom. The van der Waals surface area contributed by atoms with E-state index in [-0.39, 0.29) is 27.2 Å². The summed E-state index contributed by atoms with van der Waals surface area (Å²) in [6.45, 7) is 26.5. The van der Waals surface area contributed by atoms with Crippen molar-refractivity contribution in [1.82, 2.24) is 10.2 Å². The Kier molecular flexibility index (Phi) is 11.4. The Morgan fingerprint density at radius 1 is 0.887 bits per heavy atom. The van der Waals surface area contributed by atoms with Gasteiger partial charge in [0.05, 0.1) is 5.25 Å². The Hall–Kier alpha value is -1.24. The first-order valence-electron chi connectivity index (χ1n) is 21.1. The zero-order chi connectivity index (χ0) is 38.8. The van der Waals surface area contributed by atoms with Crippen LogP contribution in [-0.2, 0) is 19.4 Å². The smallest absolute Gasteiger partial charge is 0.310 e. The lowest BCUT2D eigenvalue weighted by Gasteiger charge is -2.72. The van der Waals surface area contributed by atoms with Gasteiger partial charge in [0.1, 0.15) is 9.84 Å². The zero-order valence-corrected chi connectivity index (χ0v) is 36.0. The summed E-state index contributed by atoms with van der Waals surface area (Å²) in [5.74, 6) is 3.50. The minimum absolute atomic E-state index is 0.0767. The van der Waals surface area contributed by atoms with Crippen molar-refractivity contribution in [3.63, 3.8) is 0 Å². The van der Waals surface area contributed by atoms with Gasteiger partial charge in [0, 0.05) is 29.8 Å². The van der Waals surface area contributed by atoms with E-state index in [9.17, 15) is 8.42 Å². The summed E-state index contributed by atoms with van der Waals surface area (Å²) in [7, 11) is -2.93. The lowest BCUT2D eigenvalue weighted by Crippen LogP contribution is -2.68. The lowest BCUT2D eigenvalue weighted by atomic mass is 9.33. The fourth-order valence-corrected chi connectivity index (χ4v) is 16.0. The molecule has 6 nitrogen and oxygen atoms in total. The Bertz CT molecular complexity index is 1620. The molecule has 6 aliphatic carbocycles. The number of alkyl halides is 1. The highest BCUT2D eigenvalue weighted by Gasteiger charge is 2.70. The van der Waals surface area contributed by atoms with Crippen LogP contribution in [0.4, 0.5) is 0 Å². The van der Waals surface area contributed by atoms with Crippen molar-refractivity contribution in [2.45, 2.75) is 154 Å². The summed E-state index contributed by atoms with van der Waals surface area (Å²) in [6, 6.07) is 0. The van der Waals surface area contributed by atoms with Crippen LogP contribution in [0.15, 0.2) is 35.5 Å². The van der Waals surface area contributed by atoms with Crippen LogP contribution in [-0.4, -0.2) is 67.6 Å². The second-order valence-electron chi connectivity index (χ2n) is 20.6. The van der Waals surface area contributed by atoms with Crippen LogP contribution in [0.2, 0.25) is 0 Å². The number of nitrogens with one attached hydrogen (secondary N) is 1. The molecule has 0 radical (unpaired) electrons. The van der Waals surface area contributed by atoms with Gasteiger partial charge in [-0.1, -0.05) is 58.9 Å². The summed E-state index contributed by atoms with van der Waals surface area (Å²) in [4.78, 5) is 18.7. The van der Waals surface area contributed by atoms with Crippen LogP contribution in [0.5, 0.6) is 0 Å². The second-order valence-corrected chi connectivity index (χ2v) is 23.9. The molecule has 1 saturated heterocycles. The number of carbonyl (C=O) groups excluding carboxylic acids is 2. The quantitative estimate of drug-likeness (QED) is 0.205. The molecule has 8 heteroatoms. The van der Waals surface area contributed by atoms with E-state index in [1.165, 1.54) is 69.6 Å². The molecular weight excluding hydrogens is 700 g/mol. The Balaban J connectivity index is 0.00000155. The van der Waals surface area contributed by atoms with Crippen molar-refractivity contribution in [3.8, 4) is 0 Å². The molecule has 10 atom stereocenters. The molecule has 0 amide bonds. The summed E-state index contributed by atoms with van der Waals surface area (Å²) in [5.41, 5.74) is 6.10. The normalized spacial score (nSPS) is 44.1. The molecule has 4 saturated carbocycles. The van der Waals surface area contributed by atoms with E-state index in [0.29, 0.717) is 28.1 Å². The predicted octanol–water partition coefficient (Wildman–Crippen LogP) is 9.56. The SMILES string of the molecule is C=C(C)[C@@H]1CC[C@]2(NCCN3CCC(S(C)(=O)=O)CC3)CC[C@]3(C)[C@H](CC[C@@H]4[C@@]5(C)CC=C(C6=CCC(C)(Cl)CC6)C(C)(C)[C@@H]5CC[C@]43C)[C@@H]12.O=C=O. The van der Waals surface area contributed by atoms with Crippen LogP contribution < -0.4 is 5.32 Å². The molecule has 0 aromatic heterocycles. The minimum atomic E-state index is -2.93. The highest BCUT2D eigenvalue weighted by atomic mass is 35.5. The molecule has 0 aromatic rings. The number of fused-ring (bicyclic) bond motifs is 7. The number of halogens is 1. The topological polar surface area (TPSA) is 83.6 Å². The Morgan fingerprint density at radius 3 is 2.17 bits per heavy atom. The lowest BCUT2D eigenvalue weighted by molar-refractivity contribution is -0.221. The molecule has 0 bridgehead atoms. The van der Waals surface area contributed by atoms with Gasteiger partial charge < -0.3 is 10.2 Å². The number of rotatable bonds is 7. The van der Waals surface area contributed by atoms with Crippen LogP contribution in [0.1, 0.15) is 138 Å². The highest BCUT2D eigenvalue weighted by molar-refractivity contribution is 7.91. The van der Waals surface area contributed by atoms with Gasteiger partial charge >= 0.3 is 6.15 Å². The molecule has 1 unspecified atom stereocenters.